The number of methoxy groups -OCH3 is 1. The predicted molar refractivity (Wildman–Crippen MR) is 96.3 cm³/mol. The molecule has 0 bridgehead atoms. The maximum Gasteiger partial charge on any atom is 0.116 e. The van der Waals surface area contributed by atoms with Gasteiger partial charge in [0, 0.05) is 43.4 Å². The second kappa shape index (κ2) is 6.26. The van der Waals surface area contributed by atoms with E-state index in [9.17, 15) is 5.11 Å². The molecule has 1 saturated heterocycles. The van der Waals surface area contributed by atoms with Gasteiger partial charge in [0.1, 0.15) is 5.75 Å². The molecule has 4 rings (SSSR count). The fourth-order valence-electron chi connectivity index (χ4n) is 4.54. The number of aromatic hydroxyl groups is 1. The second-order valence-corrected chi connectivity index (χ2v) is 7.06. The quantitative estimate of drug-likeness (QED) is 0.844. The van der Waals surface area contributed by atoms with E-state index in [2.05, 4.69) is 22.9 Å². The first-order valence-electron chi connectivity index (χ1n) is 8.92. The number of benzene rings is 1. The molecule has 1 fully saturated rings. The number of ether oxygens (including phenoxy) is 1. The SMILES string of the molecule is CC=C1CN2CCc3c([nH]c4ccc(O)cc34)C2CC1CCOC. The number of H-pyrrole nitrogens is 1. The molecule has 24 heavy (non-hydrogen) atoms. The van der Waals surface area contributed by atoms with E-state index in [1.54, 1.807) is 18.7 Å². The van der Waals surface area contributed by atoms with Gasteiger partial charge < -0.3 is 14.8 Å². The average Bonchev–Trinajstić information content (AvgIpc) is 2.97. The zero-order chi connectivity index (χ0) is 16.7. The van der Waals surface area contributed by atoms with Gasteiger partial charge in [-0.2, -0.15) is 0 Å². The van der Waals surface area contributed by atoms with Crippen molar-refractivity contribution in [1.82, 2.24) is 9.88 Å². The number of hydrogen-bond acceptors (Lipinski definition) is 3. The first-order chi connectivity index (χ1) is 11.7. The molecular weight excluding hydrogens is 300 g/mol. The molecule has 2 aromatic rings. The van der Waals surface area contributed by atoms with Gasteiger partial charge in [-0.1, -0.05) is 11.6 Å². The van der Waals surface area contributed by atoms with Crippen LogP contribution in [0.3, 0.4) is 0 Å². The van der Waals surface area contributed by atoms with E-state index < -0.39 is 0 Å². The Labute approximate surface area is 143 Å². The summed E-state index contributed by atoms with van der Waals surface area (Å²) in [5, 5.41) is 11.0. The van der Waals surface area contributed by atoms with Crippen LogP contribution in [0.5, 0.6) is 5.75 Å². The largest absolute Gasteiger partial charge is 0.508 e. The standard InChI is InChI=1S/C20H26N2O2/c1-3-13-12-22-8-6-16-17-11-15(23)4-5-18(17)21-20(16)19(22)10-14(13)7-9-24-2/h3-5,11,14,19,21,23H,6-10,12H2,1-2H3. The molecule has 0 amide bonds. The van der Waals surface area contributed by atoms with E-state index in [0.29, 0.717) is 17.7 Å². The zero-order valence-electron chi connectivity index (χ0n) is 14.5. The highest BCUT2D eigenvalue weighted by Crippen LogP contribution is 2.43. The topological polar surface area (TPSA) is 48.5 Å². The van der Waals surface area contributed by atoms with Gasteiger partial charge in [-0.25, -0.2) is 0 Å². The molecule has 2 aliphatic heterocycles. The first kappa shape index (κ1) is 15.7. The number of aromatic amines is 1. The molecule has 0 radical (unpaired) electrons. The van der Waals surface area contributed by atoms with E-state index in [1.807, 2.05) is 12.1 Å². The fourth-order valence-corrected chi connectivity index (χ4v) is 4.54. The van der Waals surface area contributed by atoms with Gasteiger partial charge >= 0.3 is 0 Å². The van der Waals surface area contributed by atoms with Gasteiger partial charge in [-0.15, -0.1) is 0 Å². The molecule has 0 aliphatic carbocycles. The highest BCUT2D eigenvalue weighted by atomic mass is 16.5. The summed E-state index contributed by atoms with van der Waals surface area (Å²) in [5.41, 5.74) is 5.46. The van der Waals surface area contributed by atoms with Crippen LogP contribution in [-0.4, -0.2) is 41.8 Å². The zero-order valence-corrected chi connectivity index (χ0v) is 14.5. The number of nitrogens with one attached hydrogen (secondary N) is 1. The van der Waals surface area contributed by atoms with Crippen LogP contribution in [0, 0.1) is 5.92 Å². The Bertz CT molecular complexity index is 777. The molecule has 3 heterocycles. The minimum Gasteiger partial charge on any atom is -0.508 e. The highest BCUT2D eigenvalue weighted by molar-refractivity contribution is 5.86. The Morgan fingerprint density at radius 2 is 2.29 bits per heavy atom. The van der Waals surface area contributed by atoms with Crippen molar-refractivity contribution < 1.29 is 9.84 Å². The average molecular weight is 326 g/mol. The van der Waals surface area contributed by atoms with E-state index in [4.69, 9.17) is 4.74 Å². The van der Waals surface area contributed by atoms with Crippen molar-refractivity contribution in [2.45, 2.75) is 32.2 Å². The minimum absolute atomic E-state index is 0.351. The number of nitrogens with zero attached hydrogens (tertiary/aromatic N) is 1. The lowest BCUT2D eigenvalue weighted by Gasteiger charge is -2.43. The van der Waals surface area contributed by atoms with Crippen molar-refractivity contribution in [3.8, 4) is 5.75 Å². The molecular formula is C20H26N2O2. The molecule has 4 heteroatoms. The van der Waals surface area contributed by atoms with Crippen LogP contribution in [0.2, 0.25) is 0 Å². The Hall–Kier alpha value is -1.78. The lowest BCUT2D eigenvalue weighted by Crippen LogP contribution is -2.42. The van der Waals surface area contributed by atoms with E-state index in [0.717, 1.165) is 44.5 Å². The number of phenols is 1. The third kappa shape index (κ3) is 2.54. The molecule has 0 spiro atoms. The van der Waals surface area contributed by atoms with E-state index in [1.165, 1.54) is 16.6 Å². The monoisotopic (exact) mass is 326 g/mol. The number of piperidine rings is 1. The van der Waals surface area contributed by atoms with Crippen LogP contribution in [0.4, 0.5) is 0 Å². The number of hydrogen-bond donors (Lipinski definition) is 2. The molecule has 2 N–H and O–H groups in total. The Balaban J connectivity index is 1.70. The van der Waals surface area contributed by atoms with Gasteiger partial charge in [-0.3, -0.25) is 4.90 Å². The first-order valence-corrected chi connectivity index (χ1v) is 8.92. The van der Waals surface area contributed by atoms with Crippen molar-refractivity contribution >= 4 is 10.9 Å². The maximum absolute atomic E-state index is 9.84. The molecule has 2 atom stereocenters. The maximum atomic E-state index is 9.84. The molecule has 1 aromatic carbocycles. The smallest absolute Gasteiger partial charge is 0.116 e. The summed E-state index contributed by atoms with van der Waals surface area (Å²) >= 11 is 0. The van der Waals surface area contributed by atoms with Gasteiger partial charge in [0.2, 0.25) is 0 Å². The van der Waals surface area contributed by atoms with Gasteiger partial charge in [0.15, 0.2) is 0 Å². The number of fused-ring (bicyclic) bond motifs is 5. The lowest BCUT2D eigenvalue weighted by atomic mass is 9.80. The van der Waals surface area contributed by atoms with Gasteiger partial charge in [0.05, 0.1) is 6.04 Å². The number of aromatic nitrogens is 1. The summed E-state index contributed by atoms with van der Waals surface area (Å²) in [4.78, 5) is 6.26. The lowest BCUT2D eigenvalue weighted by molar-refractivity contribution is 0.116. The van der Waals surface area contributed by atoms with Gasteiger partial charge in [0.25, 0.3) is 0 Å². The summed E-state index contributed by atoms with van der Waals surface area (Å²) in [6.45, 7) is 5.14. The van der Waals surface area contributed by atoms with Crippen molar-refractivity contribution in [3.63, 3.8) is 0 Å². The van der Waals surface area contributed by atoms with Crippen molar-refractivity contribution in [3.05, 3.63) is 41.1 Å². The normalized spacial score (nSPS) is 25.8. The minimum atomic E-state index is 0.351. The van der Waals surface area contributed by atoms with Gasteiger partial charge in [-0.05, 0) is 55.9 Å². The Morgan fingerprint density at radius 3 is 3.08 bits per heavy atom. The number of allylic oxidation sites excluding steroid dienone is 1. The number of phenolic OH excluding ortho intramolecular Hbond substituents is 1. The molecule has 1 aromatic heterocycles. The molecule has 128 valence electrons. The number of rotatable bonds is 3. The van der Waals surface area contributed by atoms with Crippen molar-refractivity contribution in [1.29, 1.82) is 0 Å². The summed E-state index contributed by atoms with van der Waals surface area (Å²) < 4.78 is 5.33. The summed E-state index contributed by atoms with van der Waals surface area (Å²) in [6, 6.07) is 6.12. The summed E-state index contributed by atoms with van der Waals surface area (Å²) in [6.07, 6.45) is 5.59. The van der Waals surface area contributed by atoms with Crippen LogP contribution >= 0.6 is 0 Å². The highest BCUT2D eigenvalue weighted by Gasteiger charge is 2.37. The predicted octanol–water partition coefficient (Wildman–Crippen LogP) is 3.78. The van der Waals surface area contributed by atoms with Crippen LogP contribution in [0.25, 0.3) is 10.9 Å². The van der Waals surface area contributed by atoms with Crippen LogP contribution < -0.4 is 0 Å². The third-order valence-corrected chi connectivity index (χ3v) is 5.80. The summed E-state index contributed by atoms with van der Waals surface area (Å²) in [7, 11) is 1.79. The summed E-state index contributed by atoms with van der Waals surface area (Å²) in [5.74, 6) is 0.950. The van der Waals surface area contributed by atoms with Crippen LogP contribution in [0.1, 0.15) is 37.1 Å². The van der Waals surface area contributed by atoms with E-state index in [-0.39, 0.29) is 0 Å². The second-order valence-electron chi connectivity index (χ2n) is 7.06. The Kier molecular flexibility index (Phi) is 4.10. The fraction of sp³-hybridized carbons (Fsp3) is 0.500. The Morgan fingerprint density at radius 1 is 1.42 bits per heavy atom. The molecule has 0 saturated carbocycles. The molecule has 4 nitrogen and oxygen atoms in total. The van der Waals surface area contributed by atoms with Crippen LogP contribution in [0.15, 0.2) is 29.8 Å². The van der Waals surface area contributed by atoms with E-state index >= 15 is 0 Å². The van der Waals surface area contributed by atoms with Crippen LogP contribution in [-0.2, 0) is 11.2 Å². The molecule has 2 aliphatic rings. The third-order valence-electron chi connectivity index (χ3n) is 5.80. The van der Waals surface area contributed by atoms with Crippen molar-refractivity contribution in [2.75, 3.05) is 26.8 Å². The van der Waals surface area contributed by atoms with Crippen molar-refractivity contribution in [2.24, 2.45) is 5.92 Å². The molecule has 2 unspecified atom stereocenters.